The molecular weight excluding hydrogens is 238 g/mol. The van der Waals surface area contributed by atoms with E-state index in [1.165, 1.54) is 19.3 Å². The zero-order valence-electron chi connectivity index (χ0n) is 13.2. The van der Waals surface area contributed by atoms with Gasteiger partial charge in [-0.25, -0.2) is 0 Å². The second-order valence-electron chi connectivity index (χ2n) is 6.93. The van der Waals surface area contributed by atoms with Crippen LogP contribution in [0.15, 0.2) is 0 Å². The van der Waals surface area contributed by atoms with E-state index in [0.717, 1.165) is 13.0 Å². The highest BCUT2D eigenvalue weighted by Gasteiger charge is 2.32. The third-order valence-electron chi connectivity index (χ3n) is 4.18. The van der Waals surface area contributed by atoms with E-state index in [4.69, 9.17) is 5.73 Å². The zero-order chi connectivity index (χ0) is 14.6. The molecule has 0 bridgehead atoms. The molecule has 1 aliphatic rings. The van der Waals surface area contributed by atoms with E-state index in [0.29, 0.717) is 12.0 Å². The van der Waals surface area contributed by atoms with E-state index in [-0.39, 0.29) is 17.5 Å². The van der Waals surface area contributed by atoms with Gasteiger partial charge in [-0.15, -0.1) is 0 Å². The maximum atomic E-state index is 12.3. The van der Waals surface area contributed by atoms with Crippen LogP contribution >= 0.6 is 0 Å². The van der Waals surface area contributed by atoms with Gasteiger partial charge >= 0.3 is 0 Å². The minimum Gasteiger partial charge on any atom is -0.350 e. The summed E-state index contributed by atoms with van der Waals surface area (Å²) < 4.78 is 0. The fourth-order valence-corrected chi connectivity index (χ4v) is 2.95. The van der Waals surface area contributed by atoms with Crippen LogP contribution in [-0.4, -0.2) is 42.0 Å². The number of nitrogens with two attached hydrogens (primary N) is 1. The summed E-state index contributed by atoms with van der Waals surface area (Å²) in [5, 5.41) is 3.06. The Bertz CT molecular complexity index is 298. The van der Waals surface area contributed by atoms with E-state index in [1.54, 1.807) is 0 Å². The number of carbonyl (C=O) groups is 1. The SMILES string of the molecule is CC(C(=O)NC(C)(C)C)N(C)C1CCCCC1CN. The van der Waals surface area contributed by atoms with Crippen LogP contribution in [0.25, 0.3) is 0 Å². The molecule has 0 saturated heterocycles. The Morgan fingerprint density at radius 2 is 1.95 bits per heavy atom. The monoisotopic (exact) mass is 269 g/mol. The van der Waals surface area contributed by atoms with Gasteiger partial charge in [0.2, 0.25) is 5.91 Å². The van der Waals surface area contributed by atoms with Crippen molar-refractivity contribution in [3.05, 3.63) is 0 Å². The third-order valence-corrected chi connectivity index (χ3v) is 4.18. The quantitative estimate of drug-likeness (QED) is 0.817. The number of hydrogen-bond acceptors (Lipinski definition) is 3. The lowest BCUT2D eigenvalue weighted by Gasteiger charge is -2.40. The summed E-state index contributed by atoms with van der Waals surface area (Å²) in [5.74, 6) is 0.639. The molecule has 1 fully saturated rings. The van der Waals surface area contributed by atoms with Gasteiger partial charge in [0.15, 0.2) is 0 Å². The van der Waals surface area contributed by atoms with Crippen molar-refractivity contribution in [3.63, 3.8) is 0 Å². The first-order chi connectivity index (χ1) is 8.76. The molecule has 0 aliphatic heterocycles. The van der Waals surface area contributed by atoms with Gasteiger partial charge in [-0.05, 0) is 60.0 Å². The highest BCUT2D eigenvalue weighted by atomic mass is 16.2. The summed E-state index contributed by atoms with van der Waals surface area (Å²) in [5.41, 5.74) is 5.71. The lowest BCUT2D eigenvalue weighted by atomic mass is 9.83. The highest BCUT2D eigenvalue weighted by Crippen LogP contribution is 2.28. The van der Waals surface area contributed by atoms with Crippen molar-refractivity contribution in [1.82, 2.24) is 10.2 Å². The summed E-state index contributed by atoms with van der Waals surface area (Å²) in [6.07, 6.45) is 4.87. The van der Waals surface area contributed by atoms with Crippen molar-refractivity contribution in [2.75, 3.05) is 13.6 Å². The molecule has 19 heavy (non-hydrogen) atoms. The van der Waals surface area contributed by atoms with E-state index >= 15 is 0 Å². The molecule has 3 N–H and O–H groups in total. The van der Waals surface area contributed by atoms with Crippen molar-refractivity contribution in [1.29, 1.82) is 0 Å². The van der Waals surface area contributed by atoms with Gasteiger partial charge in [0.1, 0.15) is 0 Å². The molecule has 0 aromatic heterocycles. The predicted octanol–water partition coefficient (Wildman–Crippen LogP) is 1.74. The van der Waals surface area contributed by atoms with Gasteiger partial charge in [0.25, 0.3) is 0 Å². The third kappa shape index (κ3) is 4.77. The summed E-state index contributed by atoms with van der Waals surface area (Å²) in [6, 6.07) is 0.343. The van der Waals surface area contributed by atoms with Gasteiger partial charge < -0.3 is 11.1 Å². The molecule has 0 aromatic carbocycles. The number of carbonyl (C=O) groups excluding carboxylic acids is 1. The minimum absolute atomic E-state index is 0.101. The van der Waals surface area contributed by atoms with Crippen LogP contribution in [-0.2, 0) is 4.79 Å². The lowest BCUT2D eigenvalue weighted by molar-refractivity contribution is -0.128. The molecule has 1 saturated carbocycles. The Labute approximate surface area is 118 Å². The maximum Gasteiger partial charge on any atom is 0.237 e. The number of likely N-dealkylation sites (N-methyl/N-ethyl adjacent to an activating group) is 1. The van der Waals surface area contributed by atoms with Gasteiger partial charge in [0, 0.05) is 11.6 Å². The van der Waals surface area contributed by atoms with Crippen LogP contribution in [0.5, 0.6) is 0 Å². The molecule has 1 amide bonds. The Hall–Kier alpha value is -0.610. The number of rotatable bonds is 4. The van der Waals surface area contributed by atoms with E-state index in [1.807, 2.05) is 27.7 Å². The van der Waals surface area contributed by atoms with Crippen LogP contribution in [0, 0.1) is 5.92 Å². The molecule has 4 heteroatoms. The Balaban J connectivity index is 2.64. The highest BCUT2D eigenvalue weighted by molar-refractivity contribution is 5.81. The molecule has 0 aromatic rings. The van der Waals surface area contributed by atoms with E-state index in [2.05, 4.69) is 17.3 Å². The average molecular weight is 269 g/mol. The van der Waals surface area contributed by atoms with E-state index < -0.39 is 0 Å². The van der Waals surface area contributed by atoms with Crippen LogP contribution in [0.1, 0.15) is 53.4 Å². The summed E-state index contributed by atoms with van der Waals surface area (Å²) in [4.78, 5) is 14.5. The van der Waals surface area contributed by atoms with Crippen molar-refractivity contribution in [2.24, 2.45) is 11.7 Å². The topological polar surface area (TPSA) is 58.4 Å². The molecule has 3 atom stereocenters. The van der Waals surface area contributed by atoms with Crippen LogP contribution < -0.4 is 11.1 Å². The van der Waals surface area contributed by atoms with Crippen molar-refractivity contribution in [2.45, 2.75) is 71.0 Å². The van der Waals surface area contributed by atoms with Crippen molar-refractivity contribution >= 4 is 5.91 Å². The first-order valence-electron chi connectivity index (χ1n) is 7.50. The second-order valence-corrected chi connectivity index (χ2v) is 6.93. The van der Waals surface area contributed by atoms with Gasteiger partial charge in [-0.2, -0.15) is 0 Å². The normalized spacial score (nSPS) is 26.3. The minimum atomic E-state index is -0.175. The average Bonchev–Trinajstić information content (AvgIpc) is 2.34. The number of nitrogens with zero attached hydrogens (tertiary/aromatic N) is 1. The smallest absolute Gasteiger partial charge is 0.237 e. The first kappa shape index (κ1) is 16.4. The van der Waals surface area contributed by atoms with Crippen LogP contribution in [0.3, 0.4) is 0 Å². The van der Waals surface area contributed by atoms with Crippen molar-refractivity contribution in [3.8, 4) is 0 Å². The molecule has 0 radical (unpaired) electrons. The molecule has 4 nitrogen and oxygen atoms in total. The lowest BCUT2D eigenvalue weighted by Crippen LogP contribution is -2.54. The second kappa shape index (κ2) is 6.71. The standard InChI is InChI=1S/C15H31N3O/c1-11(14(19)17-15(2,3)4)18(5)13-9-7-6-8-12(13)10-16/h11-13H,6-10,16H2,1-5H3,(H,17,19). The van der Waals surface area contributed by atoms with Crippen LogP contribution in [0.2, 0.25) is 0 Å². The Kier molecular flexibility index (Phi) is 5.81. The fraction of sp³-hybridized carbons (Fsp3) is 0.933. The predicted molar refractivity (Wildman–Crippen MR) is 79.9 cm³/mol. The van der Waals surface area contributed by atoms with Crippen molar-refractivity contribution < 1.29 is 4.79 Å². The summed E-state index contributed by atoms with van der Waals surface area (Å²) >= 11 is 0. The molecular formula is C15H31N3O. The molecule has 1 aliphatic carbocycles. The number of hydrogen-bond donors (Lipinski definition) is 2. The largest absolute Gasteiger partial charge is 0.350 e. The van der Waals surface area contributed by atoms with Gasteiger partial charge in [-0.3, -0.25) is 9.69 Å². The Morgan fingerprint density at radius 1 is 1.37 bits per heavy atom. The molecule has 1 rings (SSSR count). The number of nitrogens with one attached hydrogen (secondary N) is 1. The van der Waals surface area contributed by atoms with Crippen LogP contribution in [0.4, 0.5) is 0 Å². The molecule has 0 spiro atoms. The zero-order valence-corrected chi connectivity index (χ0v) is 13.2. The molecule has 0 heterocycles. The first-order valence-corrected chi connectivity index (χ1v) is 7.50. The van der Waals surface area contributed by atoms with E-state index in [9.17, 15) is 4.79 Å². The summed E-state index contributed by atoms with van der Waals surface area (Å²) in [6.45, 7) is 8.76. The molecule has 112 valence electrons. The van der Waals surface area contributed by atoms with Gasteiger partial charge in [-0.1, -0.05) is 12.8 Å². The number of amides is 1. The maximum absolute atomic E-state index is 12.3. The fourth-order valence-electron chi connectivity index (χ4n) is 2.95. The Morgan fingerprint density at radius 3 is 2.47 bits per heavy atom. The molecule has 3 unspecified atom stereocenters. The van der Waals surface area contributed by atoms with Gasteiger partial charge in [0.05, 0.1) is 6.04 Å². The summed E-state index contributed by atoms with van der Waals surface area (Å²) in [7, 11) is 2.06.